The van der Waals surface area contributed by atoms with E-state index in [4.69, 9.17) is 0 Å². The lowest BCUT2D eigenvalue weighted by molar-refractivity contribution is 0.102. The van der Waals surface area contributed by atoms with Gasteiger partial charge in [-0.3, -0.25) is 9.00 Å². The molecule has 94 valence electrons. The van der Waals surface area contributed by atoms with Gasteiger partial charge < -0.3 is 0 Å². The van der Waals surface area contributed by atoms with E-state index < -0.39 is 10.8 Å². The molecule has 0 N–H and O–H groups in total. The molecule has 0 aliphatic carbocycles. The highest BCUT2D eigenvalue weighted by atomic mass is 79.9. The van der Waals surface area contributed by atoms with Gasteiger partial charge in [0.05, 0.1) is 25.2 Å². The Hall–Kier alpha value is -0.780. The number of carbonyl (C=O) groups is 1. The molecular weight excluding hydrogens is 332 g/mol. The molecule has 0 spiro atoms. The van der Waals surface area contributed by atoms with Gasteiger partial charge in [-0.05, 0) is 46.6 Å². The summed E-state index contributed by atoms with van der Waals surface area (Å²) in [7, 11) is -1.27. The van der Waals surface area contributed by atoms with Crippen molar-refractivity contribution in [1.82, 2.24) is 0 Å². The Bertz CT molecular complexity index is 605. The third-order valence-corrected chi connectivity index (χ3v) is 5.59. The van der Waals surface area contributed by atoms with Crippen molar-refractivity contribution in [2.45, 2.75) is 11.8 Å². The average molecular weight is 343 g/mol. The summed E-state index contributed by atoms with van der Waals surface area (Å²) in [6.07, 6.45) is 0. The number of halogens is 1. The first-order valence-electron chi connectivity index (χ1n) is 5.30. The summed E-state index contributed by atoms with van der Waals surface area (Å²) in [5, 5.41) is 0. The molecule has 1 aromatic heterocycles. The predicted octanol–water partition coefficient (Wildman–Crippen LogP) is 3.81. The monoisotopic (exact) mass is 342 g/mol. The fourth-order valence-electron chi connectivity index (χ4n) is 1.54. The molecule has 0 bridgehead atoms. The van der Waals surface area contributed by atoms with Gasteiger partial charge in [0, 0.05) is 4.90 Å². The number of Topliss-reactive ketones (excluding diaryl/α,β-unsaturated/α-hetero) is 1. The minimum Gasteiger partial charge on any atom is -0.292 e. The minimum atomic E-state index is -1.27. The van der Waals surface area contributed by atoms with Crippen LogP contribution in [-0.2, 0) is 10.8 Å². The first-order chi connectivity index (χ1) is 8.58. The van der Waals surface area contributed by atoms with Crippen LogP contribution in [0.5, 0.6) is 0 Å². The highest BCUT2D eigenvalue weighted by molar-refractivity contribution is 9.11. The molecule has 0 radical (unpaired) electrons. The normalized spacial score (nSPS) is 12.3. The Morgan fingerprint density at radius 2 is 2.00 bits per heavy atom. The number of hydrogen-bond donors (Lipinski definition) is 0. The zero-order valence-corrected chi connectivity index (χ0v) is 12.9. The van der Waals surface area contributed by atoms with E-state index >= 15 is 0 Å². The molecule has 5 heteroatoms. The Kier molecular flexibility index (Phi) is 4.48. The molecule has 0 saturated heterocycles. The summed E-state index contributed by atoms with van der Waals surface area (Å²) < 4.78 is 13.0. The second kappa shape index (κ2) is 5.91. The van der Waals surface area contributed by atoms with Crippen molar-refractivity contribution in [1.29, 1.82) is 0 Å². The quantitative estimate of drug-likeness (QED) is 0.791. The van der Waals surface area contributed by atoms with Crippen molar-refractivity contribution < 1.29 is 9.00 Å². The summed E-state index contributed by atoms with van der Waals surface area (Å²) in [6.45, 7) is 1.90. The van der Waals surface area contributed by atoms with E-state index in [1.54, 1.807) is 6.07 Å². The highest BCUT2D eigenvalue weighted by Gasteiger charge is 2.15. The Labute approximate surface area is 121 Å². The van der Waals surface area contributed by atoms with Crippen molar-refractivity contribution >= 4 is 43.8 Å². The molecule has 2 nitrogen and oxygen atoms in total. The zero-order valence-electron chi connectivity index (χ0n) is 9.68. The van der Waals surface area contributed by atoms with E-state index in [-0.39, 0.29) is 11.5 Å². The van der Waals surface area contributed by atoms with E-state index in [9.17, 15) is 9.00 Å². The number of benzene rings is 1. The molecule has 0 saturated carbocycles. The van der Waals surface area contributed by atoms with Gasteiger partial charge in [0.1, 0.15) is 0 Å². The number of thiophene rings is 1. The van der Waals surface area contributed by atoms with Gasteiger partial charge in [-0.15, -0.1) is 11.3 Å². The molecule has 0 amide bonds. The minimum absolute atomic E-state index is 0.0395. The molecule has 1 unspecified atom stereocenters. The van der Waals surface area contributed by atoms with Gasteiger partial charge in [-0.2, -0.15) is 0 Å². The Balaban J connectivity index is 2.13. The number of ketones is 1. The highest BCUT2D eigenvalue weighted by Crippen LogP contribution is 2.23. The molecule has 1 atom stereocenters. The van der Waals surface area contributed by atoms with E-state index in [1.807, 2.05) is 37.3 Å². The Morgan fingerprint density at radius 3 is 2.61 bits per heavy atom. The smallest absolute Gasteiger partial charge is 0.185 e. The van der Waals surface area contributed by atoms with Gasteiger partial charge >= 0.3 is 0 Å². The van der Waals surface area contributed by atoms with Gasteiger partial charge in [-0.1, -0.05) is 18.2 Å². The third kappa shape index (κ3) is 3.16. The fourth-order valence-corrected chi connectivity index (χ4v) is 4.17. The first-order valence-corrected chi connectivity index (χ1v) is 8.23. The topological polar surface area (TPSA) is 34.1 Å². The maximum Gasteiger partial charge on any atom is 0.185 e. The van der Waals surface area contributed by atoms with Crippen LogP contribution in [0, 0.1) is 6.92 Å². The lowest BCUT2D eigenvalue weighted by atomic mass is 10.2. The average Bonchev–Trinajstić information content (AvgIpc) is 2.76. The lowest BCUT2D eigenvalue weighted by Gasteiger charge is -2.04. The Morgan fingerprint density at radius 1 is 1.28 bits per heavy atom. The van der Waals surface area contributed by atoms with Crippen LogP contribution in [-0.4, -0.2) is 15.7 Å². The number of carbonyl (C=O) groups excluding carboxylic acids is 1. The van der Waals surface area contributed by atoms with Crippen molar-refractivity contribution in [2.24, 2.45) is 0 Å². The molecule has 0 fully saturated rings. The van der Waals surface area contributed by atoms with Crippen LogP contribution in [0.1, 0.15) is 15.2 Å². The van der Waals surface area contributed by atoms with Crippen LogP contribution < -0.4 is 0 Å². The van der Waals surface area contributed by atoms with Crippen LogP contribution in [0.3, 0.4) is 0 Å². The standard InChI is InChI=1S/C13H11BrO2S2/c1-9-4-2-3-5-12(9)18(16)8-10(15)11-6-7-13(14)17-11/h2-7H,8H2,1H3. The fraction of sp³-hybridized carbons (Fsp3) is 0.154. The molecule has 2 rings (SSSR count). The van der Waals surface area contributed by atoms with Crippen LogP contribution in [0.25, 0.3) is 0 Å². The summed E-state index contributed by atoms with van der Waals surface area (Å²) in [4.78, 5) is 13.3. The van der Waals surface area contributed by atoms with Gasteiger partial charge in [0.25, 0.3) is 0 Å². The maximum absolute atomic E-state index is 12.1. The summed E-state index contributed by atoms with van der Waals surface area (Å²) in [5.74, 6) is -0.0371. The molecular formula is C13H11BrO2S2. The van der Waals surface area contributed by atoms with Crippen LogP contribution in [0.2, 0.25) is 0 Å². The largest absolute Gasteiger partial charge is 0.292 e. The molecule has 1 aromatic carbocycles. The van der Waals surface area contributed by atoms with Crippen molar-refractivity contribution in [2.75, 3.05) is 5.75 Å². The molecule has 18 heavy (non-hydrogen) atoms. The van der Waals surface area contributed by atoms with Crippen LogP contribution in [0.15, 0.2) is 45.1 Å². The van der Waals surface area contributed by atoms with E-state index in [1.165, 1.54) is 11.3 Å². The van der Waals surface area contributed by atoms with E-state index in [2.05, 4.69) is 15.9 Å². The second-order valence-electron chi connectivity index (χ2n) is 3.78. The molecule has 0 aliphatic rings. The molecule has 1 heterocycles. The summed E-state index contributed by atoms with van der Waals surface area (Å²) in [5.41, 5.74) is 0.955. The SMILES string of the molecule is Cc1ccccc1S(=O)CC(=O)c1ccc(Br)s1. The number of aryl methyl sites for hydroxylation is 1. The predicted molar refractivity (Wildman–Crippen MR) is 78.8 cm³/mol. The zero-order chi connectivity index (χ0) is 13.1. The second-order valence-corrected chi connectivity index (χ2v) is 7.66. The first kappa shape index (κ1) is 13.6. The van der Waals surface area contributed by atoms with E-state index in [0.717, 1.165) is 14.2 Å². The van der Waals surface area contributed by atoms with Gasteiger partial charge in [-0.25, -0.2) is 0 Å². The number of hydrogen-bond acceptors (Lipinski definition) is 3. The summed E-state index contributed by atoms with van der Waals surface area (Å²) >= 11 is 4.68. The third-order valence-electron chi connectivity index (χ3n) is 2.45. The van der Waals surface area contributed by atoms with Crippen molar-refractivity contribution in [3.05, 3.63) is 50.6 Å². The molecule has 2 aromatic rings. The maximum atomic E-state index is 12.1. The summed E-state index contributed by atoms with van der Waals surface area (Å²) in [6, 6.07) is 11.0. The van der Waals surface area contributed by atoms with Crippen LogP contribution >= 0.6 is 27.3 Å². The lowest BCUT2D eigenvalue weighted by Crippen LogP contribution is -2.10. The number of rotatable bonds is 4. The van der Waals surface area contributed by atoms with Crippen LogP contribution in [0.4, 0.5) is 0 Å². The van der Waals surface area contributed by atoms with Crippen molar-refractivity contribution in [3.8, 4) is 0 Å². The van der Waals surface area contributed by atoms with Crippen molar-refractivity contribution in [3.63, 3.8) is 0 Å². The van der Waals surface area contributed by atoms with Gasteiger partial charge in [0.15, 0.2) is 5.78 Å². The van der Waals surface area contributed by atoms with Gasteiger partial charge in [0.2, 0.25) is 0 Å². The molecule has 0 aliphatic heterocycles. The van der Waals surface area contributed by atoms with E-state index in [0.29, 0.717) is 4.88 Å².